The summed E-state index contributed by atoms with van der Waals surface area (Å²) in [6, 6.07) is 14.8. The molecule has 0 atom stereocenters. The summed E-state index contributed by atoms with van der Waals surface area (Å²) in [4.78, 5) is 2.22. The second-order valence-electron chi connectivity index (χ2n) is 5.70. The van der Waals surface area contributed by atoms with Gasteiger partial charge in [-0.3, -0.25) is 0 Å². The highest BCUT2D eigenvalue weighted by atomic mass is 32.2. The lowest BCUT2D eigenvalue weighted by Gasteiger charge is -2.23. The first kappa shape index (κ1) is 18.2. The second kappa shape index (κ2) is 7.62. The van der Waals surface area contributed by atoms with Crippen molar-refractivity contribution in [2.45, 2.75) is 32.6 Å². The van der Waals surface area contributed by atoms with Crippen LogP contribution in [0.4, 0.5) is 0 Å². The molecule has 2 rings (SSSR count). The van der Waals surface area contributed by atoms with Gasteiger partial charge >= 0.3 is 0 Å². The largest absolute Gasteiger partial charge is 0.356 e. The number of sulfonamides is 1. The Balaban J connectivity index is 2.62. The van der Waals surface area contributed by atoms with Gasteiger partial charge in [0.1, 0.15) is 5.84 Å². The molecule has 24 heavy (non-hydrogen) atoms. The minimum atomic E-state index is -3.78. The van der Waals surface area contributed by atoms with Crippen LogP contribution in [0.1, 0.15) is 30.5 Å². The lowest BCUT2D eigenvalue weighted by molar-refractivity contribution is 0.467. The average Bonchev–Trinajstić information content (AvgIpc) is 2.58. The fourth-order valence-corrected chi connectivity index (χ4v) is 3.91. The molecule has 0 saturated heterocycles. The molecule has 0 unspecified atom stereocenters. The van der Waals surface area contributed by atoms with Gasteiger partial charge in [0.2, 0.25) is 0 Å². The van der Waals surface area contributed by atoms with Crippen LogP contribution in [0.2, 0.25) is 0 Å². The Morgan fingerprint density at radius 1 is 1.00 bits per heavy atom. The van der Waals surface area contributed by atoms with Crippen molar-refractivity contribution in [1.29, 1.82) is 0 Å². The van der Waals surface area contributed by atoms with Crippen molar-refractivity contribution < 1.29 is 8.42 Å². The monoisotopic (exact) mass is 344 g/mol. The molecule has 0 fully saturated rings. The molecule has 2 aromatic carbocycles. The Labute approximate surface area is 144 Å². The van der Waals surface area contributed by atoms with Crippen molar-refractivity contribution >= 4 is 15.9 Å². The summed E-state index contributed by atoms with van der Waals surface area (Å²) in [5.74, 6) is 0.488. The third-order valence-corrected chi connectivity index (χ3v) is 5.33. The molecule has 0 aromatic heterocycles. The molecule has 0 saturated carbocycles. The standard InChI is InChI=1S/C19H24N2O2S/c1-5-21(6-2)19(17-10-8-7-9-11-17)20-24(22,23)18-14-15(3)12-13-16(18)4/h7-14H,5-6H2,1-4H3/b20-19+. The number of benzene rings is 2. The second-order valence-corrected chi connectivity index (χ2v) is 7.27. The van der Waals surface area contributed by atoms with Crippen molar-refractivity contribution in [3.63, 3.8) is 0 Å². The maximum atomic E-state index is 12.9. The van der Waals surface area contributed by atoms with Crippen molar-refractivity contribution in [2.24, 2.45) is 4.40 Å². The van der Waals surface area contributed by atoms with Crippen LogP contribution in [-0.4, -0.2) is 32.2 Å². The van der Waals surface area contributed by atoms with Crippen LogP contribution in [0.25, 0.3) is 0 Å². The smallest absolute Gasteiger partial charge is 0.284 e. The molecular weight excluding hydrogens is 320 g/mol. The Morgan fingerprint density at radius 3 is 2.21 bits per heavy atom. The van der Waals surface area contributed by atoms with Gasteiger partial charge in [0, 0.05) is 18.7 Å². The highest BCUT2D eigenvalue weighted by Gasteiger charge is 2.20. The van der Waals surface area contributed by atoms with Crippen LogP contribution in [-0.2, 0) is 10.0 Å². The fraction of sp³-hybridized carbons (Fsp3) is 0.316. The molecule has 5 heteroatoms. The molecule has 0 bridgehead atoms. The Hall–Kier alpha value is -2.14. The number of hydrogen-bond donors (Lipinski definition) is 0. The minimum absolute atomic E-state index is 0.267. The maximum Gasteiger partial charge on any atom is 0.284 e. The zero-order valence-electron chi connectivity index (χ0n) is 14.7. The van der Waals surface area contributed by atoms with Gasteiger partial charge in [-0.1, -0.05) is 42.5 Å². The minimum Gasteiger partial charge on any atom is -0.356 e. The third kappa shape index (κ3) is 4.03. The first-order valence-electron chi connectivity index (χ1n) is 8.11. The van der Waals surface area contributed by atoms with E-state index in [2.05, 4.69) is 4.40 Å². The Bertz CT molecular complexity index is 824. The van der Waals surface area contributed by atoms with Crippen LogP contribution >= 0.6 is 0 Å². The molecule has 128 valence electrons. The number of rotatable bonds is 5. The summed E-state index contributed by atoms with van der Waals surface area (Å²) in [5, 5.41) is 0. The van der Waals surface area contributed by atoms with Crippen LogP contribution in [0.15, 0.2) is 57.8 Å². The summed E-state index contributed by atoms with van der Waals surface area (Å²) in [5.41, 5.74) is 2.41. The van der Waals surface area contributed by atoms with E-state index in [1.807, 2.05) is 68.1 Å². The van der Waals surface area contributed by atoms with E-state index < -0.39 is 10.0 Å². The van der Waals surface area contributed by atoms with E-state index in [1.54, 1.807) is 13.0 Å². The molecule has 2 aromatic rings. The molecular formula is C19H24N2O2S. The first-order chi connectivity index (χ1) is 11.4. The number of nitrogens with zero attached hydrogens (tertiary/aromatic N) is 2. The van der Waals surface area contributed by atoms with E-state index in [4.69, 9.17) is 0 Å². The molecule has 4 nitrogen and oxygen atoms in total. The average molecular weight is 344 g/mol. The van der Waals surface area contributed by atoms with Crippen molar-refractivity contribution in [2.75, 3.05) is 13.1 Å². The summed E-state index contributed by atoms with van der Waals surface area (Å²) in [6.07, 6.45) is 0. The van der Waals surface area contributed by atoms with E-state index >= 15 is 0 Å². The third-order valence-electron chi connectivity index (χ3n) is 3.92. The number of aryl methyl sites for hydroxylation is 2. The van der Waals surface area contributed by atoms with E-state index in [0.29, 0.717) is 24.5 Å². The summed E-state index contributed by atoms with van der Waals surface area (Å²) in [6.45, 7) is 9.03. The quantitative estimate of drug-likeness (QED) is 0.613. The van der Waals surface area contributed by atoms with Gasteiger partial charge in [0.05, 0.1) is 4.90 Å². The number of hydrogen-bond acceptors (Lipinski definition) is 2. The Morgan fingerprint density at radius 2 is 1.62 bits per heavy atom. The predicted molar refractivity (Wildman–Crippen MR) is 99.0 cm³/mol. The van der Waals surface area contributed by atoms with Crippen molar-refractivity contribution in [3.8, 4) is 0 Å². The van der Waals surface area contributed by atoms with Gasteiger partial charge in [-0.25, -0.2) is 0 Å². The molecule has 0 heterocycles. The molecule has 0 radical (unpaired) electrons. The topological polar surface area (TPSA) is 49.7 Å². The molecule has 0 aliphatic heterocycles. The van der Waals surface area contributed by atoms with Gasteiger partial charge in [-0.2, -0.15) is 8.42 Å². The molecule has 0 spiro atoms. The fourth-order valence-electron chi connectivity index (χ4n) is 2.55. The van der Waals surface area contributed by atoms with Crippen LogP contribution < -0.4 is 0 Å². The van der Waals surface area contributed by atoms with Crippen molar-refractivity contribution in [1.82, 2.24) is 4.90 Å². The lowest BCUT2D eigenvalue weighted by atomic mass is 10.2. The first-order valence-corrected chi connectivity index (χ1v) is 9.55. The summed E-state index contributed by atoms with van der Waals surface area (Å²) >= 11 is 0. The highest BCUT2D eigenvalue weighted by Crippen LogP contribution is 2.20. The normalized spacial score (nSPS) is 12.2. The highest BCUT2D eigenvalue weighted by molar-refractivity contribution is 7.90. The van der Waals surface area contributed by atoms with E-state index in [-0.39, 0.29) is 4.90 Å². The van der Waals surface area contributed by atoms with Crippen LogP contribution in [0, 0.1) is 13.8 Å². The SMILES string of the molecule is CCN(CC)/C(=N/S(=O)(=O)c1cc(C)ccc1C)c1ccccc1. The summed E-state index contributed by atoms with van der Waals surface area (Å²) in [7, 11) is -3.78. The Kier molecular flexibility index (Phi) is 5.78. The predicted octanol–water partition coefficient (Wildman–Crippen LogP) is 3.78. The maximum absolute atomic E-state index is 12.9. The van der Waals surface area contributed by atoms with Gasteiger partial charge in [0.25, 0.3) is 10.0 Å². The lowest BCUT2D eigenvalue weighted by Crippen LogP contribution is -2.32. The van der Waals surface area contributed by atoms with Crippen molar-refractivity contribution in [3.05, 3.63) is 65.2 Å². The van der Waals surface area contributed by atoms with Gasteiger partial charge in [0.15, 0.2) is 0 Å². The molecule has 0 N–H and O–H groups in total. The number of amidine groups is 1. The van der Waals surface area contributed by atoms with Crippen LogP contribution in [0.5, 0.6) is 0 Å². The van der Waals surface area contributed by atoms with Gasteiger partial charge < -0.3 is 4.90 Å². The molecule has 0 aliphatic carbocycles. The molecule has 0 amide bonds. The zero-order chi connectivity index (χ0) is 17.7. The van der Waals surface area contributed by atoms with Gasteiger partial charge in [-0.15, -0.1) is 4.40 Å². The zero-order valence-corrected chi connectivity index (χ0v) is 15.5. The summed E-state index contributed by atoms with van der Waals surface area (Å²) < 4.78 is 30.0. The van der Waals surface area contributed by atoms with Crippen LogP contribution in [0.3, 0.4) is 0 Å². The van der Waals surface area contributed by atoms with E-state index in [9.17, 15) is 8.42 Å². The van der Waals surface area contributed by atoms with E-state index in [0.717, 1.165) is 11.1 Å². The molecule has 0 aliphatic rings. The van der Waals surface area contributed by atoms with E-state index in [1.165, 1.54) is 0 Å². The van der Waals surface area contributed by atoms with Gasteiger partial charge in [-0.05, 0) is 44.9 Å².